The molecule has 1 aromatic rings. The Bertz CT molecular complexity index is 350. The van der Waals surface area contributed by atoms with E-state index in [1.165, 1.54) is 0 Å². The Labute approximate surface area is 84.0 Å². The zero-order chi connectivity index (χ0) is 9.97. The van der Waals surface area contributed by atoms with Gasteiger partial charge in [-0.15, -0.1) is 0 Å². The van der Waals surface area contributed by atoms with E-state index in [9.17, 15) is 4.79 Å². The van der Waals surface area contributed by atoms with E-state index in [1.807, 2.05) is 16.8 Å². The van der Waals surface area contributed by atoms with Crippen LogP contribution in [0.15, 0.2) is 29.2 Å². The van der Waals surface area contributed by atoms with Gasteiger partial charge in [-0.3, -0.25) is 4.79 Å². The van der Waals surface area contributed by atoms with Gasteiger partial charge < -0.3 is 9.47 Å². The second-order valence-corrected chi connectivity index (χ2v) is 3.98. The van der Waals surface area contributed by atoms with Crippen LogP contribution in [-0.2, 0) is 0 Å². The van der Waals surface area contributed by atoms with E-state index in [0.29, 0.717) is 6.04 Å². The van der Waals surface area contributed by atoms with Crippen molar-refractivity contribution < 1.29 is 0 Å². The van der Waals surface area contributed by atoms with Crippen LogP contribution in [-0.4, -0.2) is 29.6 Å². The molecule has 1 aliphatic rings. The molecule has 0 bridgehead atoms. The molecule has 1 saturated heterocycles. The number of rotatable bonds is 1. The molecule has 0 aliphatic carbocycles. The van der Waals surface area contributed by atoms with E-state index in [0.717, 1.165) is 25.9 Å². The number of aromatic nitrogens is 1. The predicted octanol–water partition coefficient (Wildman–Crippen LogP) is 1.11. The van der Waals surface area contributed by atoms with E-state index in [1.54, 1.807) is 12.1 Å². The molecule has 1 fully saturated rings. The topological polar surface area (TPSA) is 25.2 Å². The fourth-order valence-corrected chi connectivity index (χ4v) is 2.01. The lowest BCUT2D eigenvalue weighted by atomic mass is 10.1. The van der Waals surface area contributed by atoms with Crippen LogP contribution < -0.4 is 5.56 Å². The van der Waals surface area contributed by atoms with Gasteiger partial charge in [-0.1, -0.05) is 6.07 Å². The summed E-state index contributed by atoms with van der Waals surface area (Å²) < 4.78 is 1.87. The SMILES string of the molecule is CN1CCC(n2ccccc2=O)CC1. The Kier molecular flexibility index (Phi) is 2.68. The normalized spacial score (nSPS) is 19.8. The summed E-state index contributed by atoms with van der Waals surface area (Å²) in [6.07, 6.45) is 4.07. The smallest absolute Gasteiger partial charge is 0.250 e. The summed E-state index contributed by atoms with van der Waals surface area (Å²) in [6.45, 7) is 2.18. The second kappa shape index (κ2) is 3.96. The second-order valence-electron chi connectivity index (χ2n) is 3.98. The van der Waals surface area contributed by atoms with Crippen molar-refractivity contribution in [2.24, 2.45) is 0 Å². The first-order chi connectivity index (χ1) is 6.77. The molecule has 2 rings (SSSR count). The van der Waals surface area contributed by atoms with Crippen molar-refractivity contribution in [1.29, 1.82) is 0 Å². The summed E-state index contributed by atoms with van der Waals surface area (Å²) in [5, 5.41) is 0. The fourth-order valence-electron chi connectivity index (χ4n) is 2.01. The zero-order valence-electron chi connectivity index (χ0n) is 8.52. The molecule has 1 aliphatic heterocycles. The molecule has 2 heterocycles. The summed E-state index contributed by atoms with van der Waals surface area (Å²) in [4.78, 5) is 13.9. The van der Waals surface area contributed by atoms with Gasteiger partial charge in [-0.2, -0.15) is 0 Å². The first-order valence-corrected chi connectivity index (χ1v) is 5.13. The zero-order valence-corrected chi connectivity index (χ0v) is 8.52. The molecule has 0 spiro atoms. The van der Waals surface area contributed by atoms with Gasteiger partial charge >= 0.3 is 0 Å². The maximum Gasteiger partial charge on any atom is 0.250 e. The van der Waals surface area contributed by atoms with Crippen molar-refractivity contribution in [2.75, 3.05) is 20.1 Å². The average Bonchev–Trinajstić information content (AvgIpc) is 2.20. The third kappa shape index (κ3) is 1.87. The van der Waals surface area contributed by atoms with Crippen LogP contribution in [0.4, 0.5) is 0 Å². The molecule has 0 saturated carbocycles. The highest BCUT2D eigenvalue weighted by atomic mass is 16.1. The van der Waals surface area contributed by atoms with Gasteiger partial charge in [0, 0.05) is 18.3 Å². The number of hydrogen-bond acceptors (Lipinski definition) is 2. The van der Waals surface area contributed by atoms with E-state index in [4.69, 9.17) is 0 Å². The molecule has 3 nitrogen and oxygen atoms in total. The Morgan fingerprint density at radius 2 is 2.00 bits per heavy atom. The summed E-state index contributed by atoms with van der Waals surface area (Å²) in [6, 6.07) is 5.77. The van der Waals surface area contributed by atoms with Crippen molar-refractivity contribution in [3.63, 3.8) is 0 Å². The van der Waals surface area contributed by atoms with Crippen molar-refractivity contribution in [1.82, 2.24) is 9.47 Å². The van der Waals surface area contributed by atoms with Crippen LogP contribution in [0.3, 0.4) is 0 Å². The standard InChI is InChI=1S/C11H16N2O/c1-12-8-5-10(6-9-12)13-7-3-2-4-11(13)14/h2-4,7,10H,5-6,8-9H2,1H3. The molecule has 14 heavy (non-hydrogen) atoms. The van der Waals surface area contributed by atoms with Gasteiger partial charge in [0.2, 0.25) is 0 Å². The van der Waals surface area contributed by atoms with Crippen LogP contribution >= 0.6 is 0 Å². The number of piperidine rings is 1. The number of likely N-dealkylation sites (tertiary alicyclic amines) is 1. The van der Waals surface area contributed by atoms with Gasteiger partial charge in [0.05, 0.1) is 0 Å². The molecule has 76 valence electrons. The summed E-state index contributed by atoms with van der Waals surface area (Å²) in [5.74, 6) is 0. The van der Waals surface area contributed by atoms with E-state index in [-0.39, 0.29) is 5.56 Å². The minimum atomic E-state index is 0.127. The quantitative estimate of drug-likeness (QED) is 0.666. The van der Waals surface area contributed by atoms with Crippen LogP contribution in [0, 0.1) is 0 Å². The number of pyridine rings is 1. The lowest BCUT2D eigenvalue weighted by Gasteiger charge is -2.30. The van der Waals surface area contributed by atoms with Crippen LogP contribution in [0.5, 0.6) is 0 Å². The van der Waals surface area contributed by atoms with Gasteiger partial charge in [-0.05, 0) is 39.0 Å². The molecule has 0 radical (unpaired) electrons. The number of nitrogens with zero attached hydrogens (tertiary/aromatic N) is 2. The number of hydrogen-bond donors (Lipinski definition) is 0. The Morgan fingerprint density at radius 3 is 2.64 bits per heavy atom. The summed E-state index contributed by atoms with van der Waals surface area (Å²) >= 11 is 0. The van der Waals surface area contributed by atoms with Crippen molar-refractivity contribution in [2.45, 2.75) is 18.9 Å². The molecule has 3 heteroatoms. The molecule has 0 amide bonds. The summed E-state index contributed by atoms with van der Waals surface area (Å²) in [7, 11) is 2.13. The van der Waals surface area contributed by atoms with Crippen molar-refractivity contribution >= 4 is 0 Å². The fraction of sp³-hybridized carbons (Fsp3) is 0.545. The van der Waals surface area contributed by atoms with Gasteiger partial charge in [0.15, 0.2) is 0 Å². The van der Waals surface area contributed by atoms with Gasteiger partial charge in [0.1, 0.15) is 0 Å². The Hall–Kier alpha value is -1.09. The van der Waals surface area contributed by atoms with Crippen LogP contribution in [0.1, 0.15) is 18.9 Å². The monoisotopic (exact) mass is 192 g/mol. The Balaban J connectivity index is 2.16. The van der Waals surface area contributed by atoms with Crippen molar-refractivity contribution in [3.05, 3.63) is 34.7 Å². The highest BCUT2D eigenvalue weighted by Gasteiger charge is 2.18. The summed E-state index contributed by atoms with van der Waals surface area (Å²) in [5.41, 5.74) is 0.127. The molecule has 0 aromatic carbocycles. The Morgan fingerprint density at radius 1 is 1.29 bits per heavy atom. The highest BCUT2D eigenvalue weighted by molar-refractivity contribution is 4.95. The third-order valence-electron chi connectivity index (χ3n) is 2.93. The first-order valence-electron chi connectivity index (χ1n) is 5.13. The average molecular weight is 192 g/mol. The minimum absolute atomic E-state index is 0.127. The maximum atomic E-state index is 11.5. The van der Waals surface area contributed by atoms with E-state index >= 15 is 0 Å². The molecule has 0 unspecified atom stereocenters. The molecular formula is C11H16N2O. The van der Waals surface area contributed by atoms with Gasteiger partial charge in [-0.25, -0.2) is 0 Å². The van der Waals surface area contributed by atoms with Crippen molar-refractivity contribution in [3.8, 4) is 0 Å². The molecule has 0 atom stereocenters. The van der Waals surface area contributed by atoms with Crippen LogP contribution in [0.25, 0.3) is 0 Å². The lowest BCUT2D eigenvalue weighted by Crippen LogP contribution is -2.34. The molecular weight excluding hydrogens is 176 g/mol. The van der Waals surface area contributed by atoms with E-state index < -0.39 is 0 Å². The third-order valence-corrected chi connectivity index (χ3v) is 2.93. The largest absolute Gasteiger partial charge is 0.312 e. The molecule has 0 N–H and O–H groups in total. The van der Waals surface area contributed by atoms with Crippen LogP contribution in [0.2, 0.25) is 0 Å². The maximum absolute atomic E-state index is 11.5. The first kappa shape index (κ1) is 9.46. The van der Waals surface area contributed by atoms with Gasteiger partial charge in [0.25, 0.3) is 5.56 Å². The molecule has 1 aromatic heterocycles. The van der Waals surface area contributed by atoms with E-state index in [2.05, 4.69) is 11.9 Å². The predicted molar refractivity (Wildman–Crippen MR) is 56.5 cm³/mol. The highest BCUT2D eigenvalue weighted by Crippen LogP contribution is 2.19. The lowest BCUT2D eigenvalue weighted by molar-refractivity contribution is 0.219. The minimum Gasteiger partial charge on any atom is -0.312 e.